The summed E-state index contributed by atoms with van der Waals surface area (Å²) in [6.45, 7) is 3.22. The van der Waals surface area contributed by atoms with Crippen molar-refractivity contribution in [2.24, 2.45) is 11.0 Å². The standard InChI is InChI=1S/C8H11F3N2/c1-5-4-6(2)13(3)12-7(5)8(9,10)11/h4-5H,1-3H3. The van der Waals surface area contributed by atoms with Crippen molar-refractivity contribution in [2.75, 3.05) is 7.05 Å². The summed E-state index contributed by atoms with van der Waals surface area (Å²) in [5.74, 6) is -0.656. The van der Waals surface area contributed by atoms with Crippen molar-refractivity contribution < 1.29 is 13.2 Å². The number of hydrazone groups is 1. The molecule has 0 N–H and O–H groups in total. The van der Waals surface area contributed by atoms with E-state index in [9.17, 15) is 13.2 Å². The zero-order valence-electron chi connectivity index (χ0n) is 7.68. The molecule has 0 spiro atoms. The number of nitrogens with zero attached hydrogens (tertiary/aromatic N) is 2. The summed E-state index contributed by atoms with van der Waals surface area (Å²) < 4.78 is 36.9. The van der Waals surface area contributed by atoms with Crippen molar-refractivity contribution >= 4 is 5.71 Å². The SMILES string of the molecule is CC1=CC(C)C(C(F)(F)F)=NN1C. The maximum atomic E-state index is 12.3. The molecule has 1 rings (SSSR count). The van der Waals surface area contributed by atoms with Crippen LogP contribution < -0.4 is 0 Å². The fraction of sp³-hybridized carbons (Fsp3) is 0.625. The molecule has 0 saturated heterocycles. The summed E-state index contributed by atoms with van der Waals surface area (Å²) in [5.41, 5.74) is 0.00102. The number of allylic oxidation sites excluding steroid dienone is 2. The molecule has 13 heavy (non-hydrogen) atoms. The quantitative estimate of drug-likeness (QED) is 0.575. The van der Waals surface area contributed by atoms with Gasteiger partial charge in [0.15, 0.2) is 0 Å². The predicted molar refractivity (Wildman–Crippen MR) is 44.2 cm³/mol. The Bertz CT molecular complexity index is 265. The largest absolute Gasteiger partial charge is 0.431 e. The second kappa shape index (κ2) is 3.05. The first-order valence-electron chi connectivity index (χ1n) is 3.90. The Labute approximate surface area is 74.7 Å². The highest BCUT2D eigenvalue weighted by molar-refractivity contribution is 5.93. The topological polar surface area (TPSA) is 15.6 Å². The Morgan fingerprint density at radius 2 is 2.00 bits per heavy atom. The third-order valence-corrected chi connectivity index (χ3v) is 1.98. The summed E-state index contributed by atoms with van der Waals surface area (Å²) in [4.78, 5) is 0. The molecule has 0 amide bonds. The van der Waals surface area contributed by atoms with E-state index in [4.69, 9.17) is 0 Å². The van der Waals surface area contributed by atoms with Crippen LogP contribution in [0.5, 0.6) is 0 Å². The summed E-state index contributed by atoms with van der Waals surface area (Å²) in [6, 6.07) is 0. The van der Waals surface area contributed by atoms with Crippen LogP contribution in [0.25, 0.3) is 0 Å². The maximum absolute atomic E-state index is 12.3. The first-order valence-corrected chi connectivity index (χ1v) is 3.90. The van der Waals surface area contributed by atoms with Gasteiger partial charge in [0.25, 0.3) is 0 Å². The van der Waals surface area contributed by atoms with Gasteiger partial charge < -0.3 is 0 Å². The smallest absolute Gasteiger partial charge is 0.273 e. The highest BCUT2D eigenvalue weighted by Gasteiger charge is 2.40. The molecule has 1 heterocycles. The van der Waals surface area contributed by atoms with Crippen LogP contribution in [0.3, 0.4) is 0 Å². The van der Waals surface area contributed by atoms with Crippen LogP contribution in [0, 0.1) is 5.92 Å². The van der Waals surface area contributed by atoms with Gasteiger partial charge in [0.1, 0.15) is 5.71 Å². The van der Waals surface area contributed by atoms with E-state index >= 15 is 0 Å². The second-order valence-electron chi connectivity index (χ2n) is 3.10. The van der Waals surface area contributed by atoms with E-state index in [1.165, 1.54) is 19.0 Å². The molecule has 0 saturated carbocycles. The monoisotopic (exact) mass is 192 g/mol. The fourth-order valence-electron chi connectivity index (χ4n) is 1.19. The molecule has 2 nitrogen and oxygen atoms in total. The van der Waals surface area contributed by atoms with Crippen molar-refractivity contribution in [2.45, 2.75) is 20.0 Å². The van der Waals surface area contributed by atoms with E-state index in [-0.39, 0.29) is 0 Å². The Balaban J connectivity index is 2.96. The predicted octanol–water partition coefficient (Wildman–Crippen LogP) is 2.39. The minimum absolute atomic E-state index is 0.656. The van der Waals surface area contributed by atoms with Crippen molar-refractivity contribution in [1.29, 1.82) is 0 Å². The van der Waals surface area contributed by atoms with Gasteiger partial charge in [-0.05, 0) is 6.92 Å². The van der Waals surface area contributed by atoms with Crippen molar-refractivity contribution in [3.8, 4) is 0 Å². The summed E-state index contributed by atoms with van der Waals surface area (Å²) in [5, 5.41) is 4.71. The van der Waals surface area contributed by atoms with Crippen LogP contribution >= 0.6 is 0 Å². The molecule has 0 aliphatic carbocycles. The minimum atomic E-state index is -4.33. The first kappa shape index (κ1) is 10.1. The lowest BCUT2D eigenvalue weighted by molar-refractivity contribution is -0.0633. The normalized spacial score (nSPS) is 24.2. The van der Waals surface area contributed by atoms with Gasteiger partial charge in [-0.15, -0.1) is 0 Å². The summed E-state index contributed by atoms with van der Waals surface area (Å²) in [7, 11) is 1.50. The van der Waals surface area contributed by atoms with Gasteiger partial charge in [-0.25, -0.2) is 0 Å². The Kier molecular flexibility index (Phi) is 2.36. The highest BCUT2D eigenvalue weighted by atomic mass is 19.4. The van der Waals surface area contributed by atoms with Gasteiger partial charge in [-0.2, -0.15) is 18.3 Å². The van der Waals surface area contributed by atoms with E-state index < -0.39 is 17.8 Å². The fourth-order valence-corrected chi connectivity index (χ4v) is 1.19. The molecule has 1 aliphatic heterocycles. The number of hydrogen-bond donors (Lipinski definition) is 0. The lowest BCUT2D eigenvalue weighted by atomic mass is 10.0. The third-order valence-electron chi connectivity index (χ3n) is 1.98. The molecule has 0 aromatic carbocycles. The molecule has 0 aromatic rings. The van der Waals surface area contributed by atoms with E-state index in [0.717, 1.165) is 5.70 Å². The molecule has 0 radical (unpaired) electrons. The van der Waals surface area contributed by atoms with Crippen molar-refractivity contribution in [3.63, 3.8) is 0 Å². The van der Waals surface area contributed by atoms with Gasteiger partial charge in [0.2, 0.25) is 0 Å². The number of hydrogen-bond acceptors (Lipinski definition) is 2. The first-order chi connectivity index (χ1) is 5.82. The average molecular weight is 192 g/mol. The Morgan fingerprint density at radius 3 is 2.46 bits per heavy atom. The summed E-state index contributed by atoms with van der Waals surface area (Å²) in [6.07, 6.45) is -2.78. The van der Waals surface area contributed by atoms with E-state index in [2.05, 4.69) is 5.10 Å². The van der Waals surface area contributed by atoms with Crippen molar-refractivity contribution in [3.05, 3.63) is 11.8 Å². The average Bonchev–Trinajstić information content (AvgIpc) is 1.94. The van der Waals surface area contributed by atoms with Gasteiger partial charge in [-0.1, -0.05) is 13.0 Å². The van der Waals surface area contributed by atoms with Gasteiger partial charge in [0.05, 0.1) is 0 Å². The molecule has 0 fully saturated rings. The van der Waals surface area contributed by atoms with Crippen LogP contribution in [0.15, 0.2) is 16.9 Å². The van der Waals surface area contributed by atoms with Crippen LogP contribution in [0.4, 0.5) is 13.2 Å². The van der Waals surface area contributed by atoms with Crippen LogP contribution in [-0.2, 0) is 0 Å². The molecule has 5 heteroatoms. The number of alkyl halides is 3. The molecular formula is C8H11F3N2. The number of rotatable bonds is 0. The Morgan fingerprint density at radius 1 is 1.46 bits per heavy atom. The lowest BCUT2D eigenvalue weighted by Gasteiger charge is -2.25. The minimum Gasteiger partial charge on any atom is -0.273 e. The third kappa shape index (κ3) is 2.02. The molecule has 1 aliphatic rings. The molecular weight excluding hydrogens is 181 g/mol. The van der Waals surface area contributed by atoms with Gasteiger partial charge in [0, 0.05) is 18.7 Å². The van der Waals surface area contributed by atoms with Crippen molar-refractivity contribution in [1.82, 2.24) is 5.01 Å². The van der Waals surface area contributed by atoms with Crippen LogP contribution in [0.2, 0.25) is 0 Å². The number of halogens is 3. The summed E-state index contributed by atoms with van der Waals surface area (Å²) >= 11 is 0. The molecule has 0 bridgehead atoms. The molecule has 1 atom stereocenters. The zero-order valence-corrected chi connectivity index (χ0v) is 7.68. The van der Waals surface area contributed by atoms with Gasteiger partial charge >= 0.3 is 6.18 Å². The Hall–Kier alpha value is -1.00. The lowest BCUT2D eigenvalue weighted by Crippen LogP contribution is -2.34. The van der Waals surface area contributed by atoms with E-state index in [1.807, 2.05) is 0 Å². The molecule has 1 unspecified atom stereocenters. The molecule has 74 valence electrons. The molecule has 0 aromatic heterocycles. The van der Waals surface area contributed by atoms with Crippen LogP contribution in [-0.4, -0.2) is 23.9 Å². The van der Waals surface area contributed by atoms with E-state index in [0.29, 0.717) is 0 Å². The van der Waals surface area contributed by atoms with E-state index in [1.54, 1.807) is 13.0 Å². The maximum Gasteiger partial charge on any atom is 0.431 e. The second-order valence-corrected chi connectivity index (χ2v) is 3.10. The highest BCUT2D eigenvalue weighted by Crippen LogP contribution is 2.27. The zero-order chi connectivity index (χ0) is 10.2. The van der Waals surface area contributed by atoms with Gasteiger partial charge in [-0.3, -0.25) is 5.01 Å². The van der Waals surface area contributed by atoms with Crippen LogP contribution in [0.1, 0.15) is 13.8 Å².